The molecule has 0 aromatic carbocycles. The average Bonchev–Trinajstić information content (AvgIpc) is 2.92. The summed E-state index contributed by atoms with van der Waals surface area (Å²) in [5, 5.41) is 9.48. The number of aryl methyl sites for hydroxylation is 2. The molecule has 1 aromatic heterocycles. The number of carboxylic acid groups (broad SMARTS) is 1. The number of likely N-dealkylation sites (tertiary alicyclic amines) is 1. The third-order valence-electron chi connectivity index (χ3n) is 4.90. The SMILES string of the molecule is Cc1nc(CN2[C@@H]3CCCC[C@@H]3C[C@H]2C(=O)O)oc1C. The molecule has 2 aliphatic rings. The summed E-state index contributed by atoms with van der Waals surface area (Å²) in [6, 6.07) is 0.00738. The Morgan fingerprint density at radius 1 is 1.40 bits per heavy atom. The van der Waals surface area contributed by atoms with Crippen LogP contribution >= 0.6 is 0 Å². The smallest absolute Gasteiger partial charge is 0.320 e. The topological polar surface area (TPSA) is 66.6 Å². The molecular weight excluding hydrogens is 256 g/mol. The van der Waals surface area contributed by atoms with Crippen LogP contribution in [-0.4, -0.2) is 33.0 Å². The summed E-state index contributed by atoms with van der Waals surface area (Å²) in [6.45, 7) is 4.34. The van der Waals surface area contributed by atoms with E-state index >= 15 is 0 Å². The molecular formula is C15H22N2O3. The number of hydrogen-bond acceptors (Lipinski definition) is 4. The van der Waals surface area contributed by atoms with Crippen LogP contribution in [0.2, 0.25) is 0 Å². The van der Waals surface area contributed by atoms with Gasteiger partial charge in [-0.25, -0.2) is 4.98 Å². The van der Waals surface area contributed by atoms with E-state index < -0.39 is 5.97 Å². The quantitative estimate of drug-likeness (QED) is 0.920. The number of hydrogen-bond donors (Lipinski definition) is 1. The molecule has 0 amide bonds. The zero-order valence-electron chi connectivity index (χ0n) is 12.1. The van der Waals surface area contributed by atoms with Crippen molar-refractivity contribution in [3.05, 3.63) is 17.3 Å². The minimum Gasteiger partial charge on any atom is -0.480 e. The van der Waals surface area contributed by atoms with E-state index in [9.17, 15) is 9.90 Å². The Balaban J connectivity index is 1.81. The van der Waals surface area contributed by atoms with E-state index in [1.807, 2.05) is 13.8 Å². The first-order valence-electron chi connectivity index (χ1n) is 7.47. The number of aliphatic carboxylic acids is 1. The molecule has 3 rings (SSSR count). The van der Waals surface area contributed by atoms with Crippen LogP contribution in [0.4, 0.5) is 0 Å². The Labute approximate surface area is 119 Å². The fourth-order valence-electron chi connectivity index (χ4n) is 3.79. The van der Waals surface area contributed by atoms with Crippen molar-refractivity contribution in [2.45, 2.75) is 64.6 Å². The van der Waals surface area contributed by atoms with Crippen LogP contribution in [0.3, 0.4) is 0 Å². The third-order valence-corrected chi connectivity index (χ3v) is 4.90. The number of nitrogens with zero attached hydrogens (tertiary/aromatic N) is 2. The summed E-state index contributed by atoms with van der Waals surface area (Å²) >= 11 is 0. The molecule has 0 radical (unpaired) electrons. The number of fused-ring (bicyclic) bond motifs is 1. The molecule has 1 aliphatic heterocycles. The Kier molecular flexibility index (Phi) is 3.54. The van der Waals surface area contributed by atoms with Crippen molar-refractivity contribution < 1.29 is 14.3 Å². The summed E-state index contributed by atoms with van der Waals surface area (Å²) < 4.78 is 5.64. The summed E-state index contributed by atoms with van der Waals surface area (Å²) in [6.07, 6.45) is 5.48. The molecule has 20 heavy (non-hydrogen) atoms. The lowest BCUT2D eigenvalue weighted by Crippen LogP contribution is -2.41. The standard InChI is InChI=1S/C15H22N2O3/c1-9-10(2)20-14(16-9)8-17-12-6-4-3-5-11(12)7-13(17)15(18)19/h11-13H,3-8H2,1-2H3,(H,18,19)/t11-,12-,13+/m1/s1. The number of aromatic nitrogens is 1. The summed E-state index contributed by atoms with van der Waals surface area (Å²) in [4.78, 5) is 18.0. The number of rotatable bonds is 3. The summed E-state index contributed by atoms with van der Waals surface area (Å²) in [5.74, 6) is 1.30. The van der Waals surface area contributed by atoms with E-state index in [1.54, 1.807) is 0 Å². The van der Waals surface area contributed by atoms with Crippen molar-refractivity contribution in [2.24, 2.45) is 5.92 Å². The predicted octanol–water partition coefficient (Wildman–Crippen LogP) is 2.51. The summed E-state index contributed by atoms with van der Waals surface area (Å²) in [5.41, 5.74) is 0.895. The van der Waals surface area contributed by atoms with Crippen LogP contribution < -0.4 is 0 Å². The Morgan fingerprint density at radius 2 is 2.15 bits per heavy atom. The first kappa shape index (κ1) is 13.6. The Hall–Kier alpha value is -1.36. The maximum atomic E-state index is 11.5. The first-order valence-corrected chi connectivity index (χ1v) is 7.47. The molecule has 0 unspecified atom stereocenters. The molecule has 0 spiro atoms. The highest BCUT2D eigenvalue weighted by atomic mass is 16.4. The highest BCUT2D eigenvalue weighted by Gasteiger charge is 2.45. The molecule has 1 aromatic rings. The molecule has 1 aliphatic carbocycles. The van der Waals surface area contributed by atoms with Gasteiger partial charge in [-0.3, -0.25) is 9.69 Å². The maximum Gasteiger partial charge on any atom is 0.320 e. The minimum absolute atomic E-state index is 0.379. The zero-order valence-corrected chi connectivity index (χ0v) is 12.1. The van der Waals surface area contributed by atoms with Gasteiger partial charge in [0.05, 0.1) is 12.2 Å². The van der Waals surface area contributed by atoms with Gasteiger partial charge in [-0.05, 0) is 39.0 Å². The van der Waals surface area contributed by atoms with E-state index in [0.717, 1.165) is 30.7 Å². The highest BCUT2D eigenvalue weighted by Crippen LogP contribution is 2.40. The molecule has 5 nitrogen and oxygen atoms in total. The fraction of sp³-hybridized carbons (Fsp3) is 0.733. The van der Waals surface area contributed by atoms with Crippen molar-refractivity contribution in [3.63, 3.8) is 0 Å². The summed E-state index contributed by atoms with van der Waals surface area (Å²) in [7, 11) is 0. The number of carbonyl (C=O) groups is 1. The number of oxazole rings is 1. The number of carboxylic acids is 1. The molecule has 110 valence electrons. The Bertz CT molecular complexity index is 492. The van der Waals surface area contributed by atoms with Crippen LogP contribution in [0.15, 0.2) is 4.42 Å². The van der Waals surface area contributed by atoms with Gasteiger partial charge in [-0.15, -0.1) is 0 Å². The van der Waals surface area contributed by atoms with Crippen molar-refractivity contribution in [3.8, 4) is 0 Å². The van der Waals surface area contributed by atoms with Crippen LogP contribution in [-0.2, 0) is 11.3 Å². The van der Waals surface area contributed by atoms with Crippen molar-refractivity contribution >= 4 is 5.97 Å². The molecule has 1 N–H and O–H groups in total. The lowest BCUT2D eigenvalue weighted by molar-refractivity contribution is -0.143. The maximum absolute atomic E-state index is 11.5. The molecule has 1 saturated heterocycles. The van der Waals surface area contributed by atoms with Crippen LogP contribution in [0.5, 0.6) is 0 Å². The average molecular weight is 278 g/mol. The van der Waals surface area contributed by atoms with E-state index in [4.69, 9.17) is 4.42 Å². The van der Waals surface area contributed by atoms with Gasteiger partial charge in [0.2, 0.25) is 5.89 Å². The van der Waals surface area contributed by atoms with Gasteiger partial charge in [0, 0.05) is 6.04 Å². The molecule has 1 saturated carbocycles. The fourth-order valence-corrected chi connectivity index (χ4v) is 3.79. The molecule has 2 heterocycles. The van der Waals surface area contributed by atoms with Crippen LogP contribution in [0.1, 0.15) is 49.4 Å². The van der Waals surface area contributed by atoms with E-state index in [0.29, 0.717) is 24.4 Å². The van der Waals surface area contributed by atoms with Gasteiger partial charge in [0.1, 0.15) is 11.8 Å². The van der Waals surface area contributed by atoms with E-state index in [1.165, 1.54) is 12.8 Å². The van der Waals surface area contributed by atoms with Gasteiger partial charge in [0.15, 0.2) is 0 Å². The molecule has 0 bridgehead atoms. The van der Waals surface area contributed by atoms with Crippen molar-refractivity contribution in [2.75, 3.05) is 0 Å². The van der Waals surface area contributed by atoms with E-state index in [2.05, 4.69) is 9.88 Å². The van der Waals surface area contributed by atoms with Gasteiger partial charge in [0.25, 0.3) is 0 Å². The zero-order chi connectivity index (χ0) is 14.3. The monoisotopic (exact) mass is 278 g/mol. The lowest BCUT2D eigenvalue weighted by atomic mass is 9.85. The first-order chi connectivity index (χ1) is 9.56. The Morgan fingerprint density at radius 3 is 2.80 bits per heavy atom. The van der Waals surface area contributed by atoms with Crippen molar-refractivity contribution in [1.82, 2.24) is 9.88 Å². The van der Waals surface area contributed by atoms with Gasteiger partial charge < -0.3 is 9.52 Å². The van der Waals surface area contributed by atoms with Gasteiger partial charge in [-0.2, -0.15) is 0 Å². The second-order valence-corrected chi connectivity index (χ2v) is 6.12. The molecule has 5 heteroatoms. The second kappa shape index (κ2) is 5.20. The molecule has 2 fully saturated rings. The third kappa shape index (κ3) is 2.35. The normalized spacial score (nSPS) is 30.4. The largest absolute Gasteiger partial charge is 0.480 e. The predicted molar refractivity (Wildman–Crippen MR) is 73.3 cm³/mol. The van der Waals surface area contributed by atoms with E-state index in [-0.39, 0.29) is 6.04 Å². The van der Waals surface area contributed by atoms with Crippen molar-refractivity contribution in [1.29, 1.82) is 0 Å². The highest BCUT2D eigenvalue weighted by molar-refractivity contribution is 5.74. The lowest BCUT2D eigenvalue weighted by Gasteiger charge is -2.32. The molecule has 3 atom stereocenters. The minimum atomic E-state index is -0.709. The second-order valence-electron chi connectivity index (χ2n) is 6.12. The van der Waals surface area contributed by atoms with Crippen LogP contribution in [0, 0.1) is 19.8 Å². The van der Waals surface area contributed by atoms with Gasteiger partial charge >= 0.3 is 5.97 Å². The van der Waals surface area contributed by atoms with Crippen LogP contribution in [0.25, 0.3) is 0 Å². The van der Waals surface area contributed by atoms with Gasteiger partial charge in [-0.1, -0.05) is 12.8 Å².